The highest BCUT2D eigenvalue weighted by atomic mass is 32.1. The molecule has 0 bridgehead atoms. The third-order valence-electron chi connectivity index (χ3n) is 4.87. The number of fused-ring (bicyclic) bond motifs is 2. The molecule has 1 aliphatic rings. The number of thiophene rings is 1. The maximum Gasteiger partial charge on any atom is 0.262 e. The van der Waals surface area contributed by atoms with Gasteiger partial charge in [-0.05, 0) is 26.0 Å². The number of hydrogen-bond donors (Lipinski definition) is 0. The van der Waals surface area contributed by atoms with Gasteiger partial charge in [0.15, 0.2) is 0 Å². The van der Waals surface area contributed by atoms with E-state index in [1.165, 1.54) is 0 Å². The summed E-state index contributed by atoms with van der Waals surface area (Å²) in [6.45, 7) is 6.18. The van der Waals surface area contributed by atoms with Gasteiger partial charge in [-0.3, -0.25) is 18.8 Å². The number of carbonyl (C=O) groups is 1. The van der Waals surface area contributed by atoms with Crippen LogP contribution in [0, 0.1) is 13.8 Å². The molecule has 0 saturated heterocycles. The van der Waals surface area contributed by atoms with Gasteiger partial charge in [-0.2, -0.15) is 5.10 Å². The molecule has 3 aromatic rings. The standard InChI is InChI=1S/C18H21N5O2S/c1-12-3-6-19-23(12)8-5-16(24)21-7-4-15-20-17-14(11-13(2)26-17)18(25)22(15)10-9-21/h3,6,11H,4-5,7-10H2,1-2H3. The Morgan fingerprint density at radius 2 is 2.12 bits per heavy atom. The Kier molecular flexibility index (Phi) is 4.36. The van der Waals surface area contributed by atoms with Crippen molar-refractivity contribution >= 4 is 27.5 Å². The maximum atomic E-state index is 12.7. The zero-order chi connectivity index (χ0) is 18.3. The molecule has 4 heterocycles. The number of aromatic nitrogens is 4. The van der Waals surface area contributed by atoms with Crippen LogP contribution in [0.4, 0.5) is 0 Å². The molecule has 3 aromatic heterocycles. The molecule has 1 aliphatic heterocycles. The minimum absolute atomic E-state index is 0.0100. The van der Waals surface area contributed by atoms with Crippen molar-refractivity contribution in [3.63, 3.8) is 0 Å². The highest BCUT2D eigenvalue weighted by Gasteiger charge is 2.21. The minimum atomic E-state index is 0.0100. The van der Waals surface area contributed by atoms with E-state index in [9.17, 15) is 9.59 Å². The SMILES string of the molecule is Cc1cc2c(=O)n3c(nc2s1)CCN(C(=O)CCn1nccc1C)CC3. The van der Waals surface area contributed by atoms with Crippen LogP contribution in [0.1, 0.15) is 22.8 Å². The van der Waals surface area contributed by atoms with Gasteiger partial charge in [-0.1, -0.05) is 0 Å². The lowest BCUT2D eigenvalue weighted by atomic mass is 10.3. The molecule has 7 nitrogen and oxygen atoms in total. The molecule has 8 heteroatoms. The normalized spacial score (nSPS) is 14.5. The molecule has 0 aromatic carbocycles. The summed E-state index contributed by atoms with van der Waals surface area (Å²) in [5.41, 5.74) is 1.06. The fourth-order valence-corrected chi connectivity index (χ4v) is 4.30. The average molecular weight is 371 g/mol. The molecule has 4 rings (SSSR count). The highest BCUT2D eigenvalue weighted by Crippen LogP contribution is 2.21. The van der Waals surface area contributed by atoms with E-state index in [0.717, 1.165) is 21.2 Å². The summed E-state index contributed by atoms with van der Waals surface area (Å²) in [5, 5.41) is 4.90. The van der Waals surface area contributed by atoms with Crippen LogP contribution in [-0.4, -0.2) is 43.2 Å². The van der Waals surface area contributed by atoms with Crippen molar-refractivity contribution in [3.05, 3.63) is 45.1 Å². The topological polar surface area (TPSA) is 73.0 Å². The van der Waals surface area contributed by atoms with E-state index in [4.69, 9.17) is 0 Å². The smallest absolute Gasteiger partial charge is 0.262 e. The minimum Gasteiger partial charge on any atom is -0.340 e. The molecule has 0 saturated carbocycles. The lowest BCUT2D eigenvalue weighted by Gasteiger charge is -2.20. The first-order chi connectivity index (χ1) is 12.5. The van der Waals surface area contributed by atoms with Crippen molar-refractivity contribution in [1.29, 1.82) is 0 Å². The molecule has 26 heavy (non-hydrogen) atoms. The average Bonchev–Trinajstić information content (AvgIpc) is 3.12. The number of amides is 1. The molecule has 1 amide bonds. The monoisotopic (exact) mass is 371 g/mol. The first-order valence-electron chi connectivity index (χ1n) is 8.79. The lowest BCUT2D eigenvalue weighted by Crippen LogP contribution is -2.34. The predicted molar refractivity (Wildman–Crippen MR) is 100 cm³/mol. The zero-order valence-electron chi connectivity index (χ0n) is 14.9. The quantitative estimate of drug-likeness (QED) is 0.703. The van der Waals surface area contributed by atoms with Crippen molar-refractivity contribution in [2.75, 3.05) is 13.1 Å². The summed E-state index contributed by atoms with van der Waals surface area (Å²) in [4.78, 5) is 33.8. The van der Waals surface area contributed by atoms with Gasteiger partial charge < -0.3 is 4.90 Å². The Morgan fingerprint density at radius 1 is 1.27 bits per heavy atom. The van der Waals surface area contributed by atoms with Crippen LogP contribution in [0.15, 0.2) is 23.1 Å². The van der Waals surface area contributed by atoms with Crippen molar-refractivity contribution in [3.8, 4) is 0 Å². The molecule has 0 atom stereocenters. The Morgan fingerprint density at radius 3 is 2.88 bits per heavy atom. The molecule has 0 N–H and O–H groups in total. The van der Waals surface area contributed by atoms with Gasteiger partial charge in [0, 0.05) is 55.8 Å². The summed E-state index contributed by atoms with van der Waals surface area (Å²) >= 11 is 1.55. The van der Waals surface area contributed by atoms with Gasteiger partial charge in [0.25, 0.3) is 5.56 Å². The van der Waals surface area contributed by atoms with Crippen LogP contribution in [0.3, 0.4) is 0 Å². The van der Waals surface area contributed by atoms with Crippen LogP contribution in [-0.2, 0) is 24.3 Å². The van der Waals surface area contributed by atoms with Crippen LogP contribution in [0.2, 0.25) is 0 Å². The molecule has 0 spiro atoms. The summed E-state index contributed by atoms with van der Waals surface area (Å²) in [6, 6.07) is 3.83. The van der Waals surface area contributed by atoms with Crippen LogP contribution in [0.5, 0.6) is 0 Å². The van der Waals surface area contributed by atoms with E-state index in [1.54, 1.807) is 22.1 Å². The molecule has 0 radical (unpaired) electrons. The van der Waals surface area contributed by atoms with Crippen molar-refractivity contribution in [1.82, 2.24) is 24.2 Å². The fraction of sp³-hybridized carbons (Fsp3) is 0.444. The summed E-state index contributed by atoms with van der Waals surface area (Å²) in [6.07, 6.45) is 2.76. The lowest BCUT2D eigenvalue weighted by molar-refractivity contribution is -0.131. The number of hydrogen-bond acceptors (Lipinski definition) is 5. The van der Waals surface area contributed by atoms with Gasteiger partial charge >= 0.3 is 0 Å². The Labute approximate surface area is 154 Å². The van der Waals surface area contributed by atoms with Gasteiger partial charge in [0.1, 0.15) is 10.7 Å². The van der Waals surface area contributed by atoms with Crippen LogP contribution >= 0.6 is 11.3 Å². The molecule has 0 aliphatic carbocycles. The van der Waals surface area contributed by atoms with Crippen molar-refractivity contribution in [2.24, 2.45) is 0 Å². The van der Waals surface area contributed by atoms with Gasteiger partial charge in [0.05, 0.1) is 5.39 Å². The Bertz CT molecular complexity index is 1030. The Hall–Kier alpha value is -2.48. The van der Waals surface area contributed by atoms with E-state index in [1.807, 2.05) is 35.6 Å². The van der Waals surface area contributed by atoms with Crippen molar-refractivity contribution < 1.29 is 4.79 Å². The van der Waals surface area contributed by atoms with Gasteiger partial charge in [-0.15, -0.1) is 11.3 Å². The predicted octanol–water partition coefficient (Wildman–Crippen LogP) is 1.75. The molecular weight excluding hydrogens is 350 g/mol. The van der Waals surface area contributed by atoms with Gasteiger partial charge in [-0.25, -0.2) is 4.98 Å². The number of carbonyl (C=O) groups excluding carboxylic acids is 1. The van der Waals surface area contributed by atoms with E-state index in [-0.39, 0.29) is 11.5 Å². The first kappa shape index (κ1) is 17.0. The van der Waals surface area contributed by atoms with Gasteiger partial charge in [0.2, 0.25) is 5.91 Å². The van der Waals surface area contributed by atoms with Crippen LogP contribution in [0.25, 0.3) is 10.2 Å². The second kappa shape index (κ2) is 6.68. The van der Waals surface area contributed by atoms with E-state index in [0.29, 0.717) is 44.4 Å². The Balaban J connectivity index is 1.49. The van der Waals surface area contributed by atoms with E-state index in [2.05, 4.69) is 10.1 Å². The van der Waals surface area contributed by atoms with E-state index >= 15 is 0 Å². The summed E-state index contributed by atoms with van der Waals surface area (Å²) in [7, 11) is 0. The third kappa shape index (κ3) is 3.05. The van der Waals surface area contributed by atoms with E-state index < -0.39 is 0 Å². The first-order valence-corrected chi connectivity index (χ1v) is 9.60. The highest BCUT2D eigenvalue weighted by molar-refractivity contribution is 7.18. The summed E-state index contributed by atoms with van der Waals surface area (Å²) in [5.74, 6) is 0.876. The molecular formula is C18H21N5O2S. The maximum absolute atomic E-state index is 12.7. The van der Waals surface area contributed by atoms with Crippen LogP contribution < -0.4 is 5.56 Å². The number of nitrogens with zero attached hydrogens (tertiary/aromatic N) is 5. The molecule has 136 valence electrons. The largest absolute Gasteiger partial charge is 0.340 e. The fourth-order valence-electron chi connectivity index (χ4n) is 3.41. The van der Waals surface area contributed by atoms with Crippen molar-refractivity contribution in [2.45, 2.75) is 39.8 Å². The zero-order valence-corrected chi connectivity index (χ0v) is 15.8. The number of aryl methyl sites for hydroxylation is 3. The number of rotatable bonds is 3. The second-order valence-corrected chi connectivity index (χ2v) is 7.87. The molecule has 0 unspecified atom stereocenters. The second-order valence-electron chi connectivity index (χ2n) is 6.64. The summed E-state index contributed by atoms with van der Waals surface area (Å²) < 4.78 is 3.58. The third-order valence-corrected chi connectivity index (χ3v) is 5.82. The molecule has 0 fully saturated rings.